The minimum Gasteiger partial charge on any atom is -0.351 e. The van der Waals surface area contributed by atoms with E-state index in [0.29, 0.717) is 32.5 Å². The molecule has 2 N–H and O–H groups in total. The first kappa shape index (κ1) is 26.0. The lowest BCUT2D eigenvalue weighted by Gasteiger charge is -2.30. The summed E-state index contributed by atoms with van der Waals surface area (Å²) in [4.78, 5) is 12.3. The predicted molar refractivity (Wildman–Crippen MR) is 130 cm³/mol. The lowest BCUT2D eigenvalue weighted by atomic mass is 10.1. The zero-order valence-electron chi connectivity index (χ0n) is 20.2. The lowest BCUT2D eigenvalue weighted by Crippen LogP contribution is -2.42. The van der Waals surface area contributed by atoms with E-state index in [1.54, 1.807) is 4.57 Å². The third-order valence-electron chi connectivity index (χ3n) is 6.10. The van der Waals surface area contributed by atoms with Gasteiger partial charge in [-0.2, -0.15) is 13.2 Å². The Morgan fingerprint density at radius 1 is 1.17 bits per heavy atom. The van der Waals surface area contributed by atoms with E-state index in [2.05, 4.69) is 25.6 Å². The van der Waals surface area contributed by atoms with Gasteiger partial charge in [0.25, 0.3) is 0 Å². The summed E-state index contributed by atoms with van der Waals surface area (Å²) < 4.78 is 67.8. The fourth-order valence-corrected chi connectivity index (χ4v) is 5.14. The van der Waals surface area contributed by atoms with Gasteiger partial charge < -0.3 is 15.2 Å². The number of aromatic nitrogens is 4. The Balaban J connectivity index is 1.61. The van der Waals surface area contributed by atoms with Gasteiger partial charge >= 0.3 is 6.18 Å². The zero-order valence-corrected chi connectivity index (χ0v) is 21.0. The molecule has 1 aliphatic heterocycles. The van der Waals surface area contributed by atoms with Gasteiger partial charge in [0.1, 0.15) is 17.0 Å². The van der Waals surface area contributed by atoms with Gasteiger partial charge in [-0.05, 0) is 44.0 Å². The minimum absolute atomic E-state index is 0.0398. The van der Waals surface area contributed by atoms with Crippen LogP contribution in [-0.4, -0.2) is 64.7 Å². The van der Waals surface area contributed by atoms with E-state index in [9.17, 15) is 21.6 Å². The summed E-state index contributed by atoms with van der Waals surface area (Å²) in [7, 11) is -1.43. The van der Waals surface area contributed by atoms with Crippen molar-refractivity contribution in [3.63, 3.8) is 0 Å². The highest BCUT2D eigenvalue weighted by molar-refractivity contribution is 7.88. The van der Waals surface area contributed by atoms with E-state index < -0.39 is 21.8 Å². The van der Waals surface area contributed by atoms with Crippen molar-refractivity contribution in [3.8, 4) is 17.1 Å². The number of anilines is 1. The van der Waals surface area contributed by atoms with Crippen molar-refractivity contribution in [2.45, 2.75) is 38.5 Å². The number of halogens is 3. The van der Waals surface area contributed by atoms with Gasteiger partial charge in [-0.3, -0.25) is 0 Å². The number of alkyl halides is 3. The van der Waals surface area contributed by atoms with E-state index in [0.717, 1.165) is 29.3 Å². The van der Waals surface area contributed by atoms with Crippen LogP contribution in [0.5, 0.6) is 0 Å². The molecular formula is C23H28F3N7O2S. The molecule has 3 heterocycles. The highest BCUT2D eigenvalue weighted by atomic mass is 32.2. The van der Waals surface area contributed by atoms with Crippen LogP contribution in [-0.2, 0) is 22.7 Å². The number of hydrogen-bond donors (Lipinski definition) is 2. The van der Waals surface area contributed by atoms with Crippen LogP contribution in [0.2, 0.25) is 0 Å². The Labute approximate surface area is 207 Å². The van der Waals surface area contributed by atoms with Gasteiger partial charge in [-0.25, -0.2) is 27.7 Å². The fraction of sp³-hybridized carbons (Fsp3) is 0.435. The van der Waals surface area contributed by atoms with Crippen molar-refractivity contribution in [1.29, 1.82) is 0 Å². The van der Waals surface area contributed by atoms with Gasteiger partial charge in [-0.15, -0.1) is 0 Å². The fourth-order valence-electron chi connectivity index (χ4n) is 4.27. The first-order valence-electron chi connectivity index (χ1n) is 11.4. The summed E-state index contributed by atoms with van der Waals surface area (Å²) in [5.41, 5.74) is 1.61. The molecule has 1 saturated heterocycles. The zero-order chi connectivity index (χ0) is 26.1. The molecule has 1 fully saturated rings. The lowest BCUT2D eigenvalue weighted by molar-refractivity contribution is -0.137. The van der Waals surface area contributed by atoms with Crippen molar-refractivity contribution in [2.75, 3.05) is 31.7 Å². The molecule has 0 unspecified atom stereocenters. The molecule has 0 radical (unpaired) electrons. The van der Waals surface area contributed by atoms with Crippen LogP contribution in [0.1, 0.15) is 29.5 Å². The molecule has 9 nitrogen and oxygen atoms in total. The van der Waals surface area contributed by atoms with Gasteiger partial charge in [-0.1, -0.05) is 12.1 Å². The van der Waals surface area contributed by atoms with Crippen molar-refractivity contribution in [2.24, 2.45) is 0 Å². The number of piperidine rings is 1. The Hall–Kier alpha value is -3.03. The topological polar surface area (TPSA) is 105 Å². The normalized spacial score (nSPS) is 15.8. The molecule has 0 aliphatic carbocycles. The van der Waals surface area contributed by atoms with E-state index in [1.807, 2.05) is 32.2 Å². The second kappa shape index (κ2) is 10.1. The third-order valence-corrected chi connectivity index (χ3v) is 7.40. The van der Waals surface area contributed by atoms with Crippen molar-refractivity contribution in [1.82, 2.24) is 29.1 Å². The predicted octanol–water partition coefficient (Wildman–Crippen LogP) is 3.21. The van der Waals surface area contributed by atoms with Crippen molar-refractivity contribution in [3.05, 3.63) is 53.6 Å². The quantitative estimate of drug-likeness (QED) is 0.490. The highest BCUT2D eigenvalue weighted by Crippen LogP contribution is 2.36. The summed E-state index contributed by atoms with van der Waals surface area (Å²) in [6.45, 7) is 3.27. The number of hydrogen-bond acceptors (Lipinski definition) is 7. The minimum atomic E-state index is -4.66. The Morgan fingerprint density at radius 3 is 2.50 bits per heavy atom. The molecule has 0 spiro atoms. The maximum atomic E-state index is 13.8. The first-order valence-corrected chi connectivity index (χ1v) is 13.3. The molecule has 0 atom stereocenters. The summed E-state index contributed by atoms with van der Waals surface area (Å²) in [6.07, 6.45) is 1.21. The average molecular weight is 524 g/mol. The molecule has 0 saturated carbocycles. The SMILES string of the molecule is CNCc1ccc(-n2cnc(-c3nc(NC4CCN(S(C)(=O)=O)CC4)ncc3C(F)(F)F)c2)c(C)c1. The van der Waals surface area contributed by atoms with Gasteiger partial charge in [0.05, 0.1) is 12.6 Å². The monoisotopic (exact) mass is 523 g/mol. The van der Waals surface area contributed by atoms with E-state index in [4.69, 9.17) is 0 Å². The molecule has 4 rings (SSSR count). The highest BCUT2D eigenvalue weighted by Gasteiger charge is 2.36. The van der Waals surface area contributed by atoms with Gasteiger partial charge in [0.15, 0.2) is 0 Å². The molecule has 1 aliphatic rings. The third kappa shape index (κ3) is 5.85. The average Bonchev–Trinajstić information content (AvgIpc) is 3.28. The molecule has 0 amide bonds. The molecule has 2 aromatic heterocycles. The molecule has 36 heavy (non-hydrogen) atoms. The number of nitrogens with zero attached hydrogens (tertiary/aromatic N) is 5. The Morgan fingerprint density at radius 2 is 1.89 bits per heavy atom. The van der Waals surface area contributed by atoms with Crippen LogP contribution in [0.3, 0.4) is 0 Å². The number of aryl methyl sites for hydroxylation is 1. The van der Waals surface area contributed by atoms with E-state index in [1.165, 1.54) is 16.8 Å². The van der Waals surface area contributed by atoms with Gasteiger partial charge in [0, 0.05) is 43.8 Å². The van der Waals surface area contributed by atoms with Crippen LogP contribution in [0.15, 0.2) is 36.9 Å². The Kier molecular flexibility index (Phi) is 7.34. The summed E-state index contributed by atoms with van der Waals surface area (Å²) in [6, 6.07) is 5.69. The standard InChI is InChI=1S/C23H28F3N7O2S/c1-15-10-16(11-27-2)4-5-20(15)32-13-19(29-14-32)21-18(23(24,25)26)12-28-22(31-21)30-17-6-8-33(9-7-17)36(3,34)35/h4-5,10,12-14,17,27H,6-9,11H2,1-3H3,(H,28,30,31). The van der Waals surface area contributed by atoms with Gasteiger partial charge in [0.2, 0.25) is 16.0 Å². The summed E-state index contributed by atoms with van der Waals surface area (Å²) in [5.74, 6) is 0.0398. The number of benzene rings is 1. The first-order chi connectivity index (χ1) is 17.0. The maximum Gasteiger partial charge on any atom is 0.420 e. The van der Waals surface area contributed by atoms with Crippen LogP contribution in [0.4, 0.5) is 19.1 Å². The molecular weight excluding hydrogens is 495 g/mol. The molecule has 194 valence electrons. The summed E-state index contributed by atoms with van der Waals surface area (Å²) >= 11 is 0. The Bertz CT molecular complexity index is 1330. The number of sulfonamides is 1. The molecule has 3 aromatic rings. The number of rotatable bonds is 7. The molecule has 1 aromatic carbocycles. The number of imidazole rings is 1. The van der Waals surface area contributed by atoms with E-state index >= 15 is 0 Å². The summed E-state index contributed by atoms with van der Waals surface area (Å²) in [5, 5.41) is 6.14. The van der Waals surface area contributed by atoms with Crippen LogP contribution in [0, 0.1) is 6.92 Å². The number of nitrogens with one attached hydrogen (secondary N) is 2. The second-order valence-corrected chi connectivity index (χ2v) is 10.8. The molecule has 0 bridgehead atoms. The van der Waals surface area contributed by atoms with Crippen molar-refractivity contribution < 1.29 is 21.6 Å². The molecule has 13 heteroatoms. The second-order valence-electron chi connectivity index (χ2n) is 8.85. The smallest absolute Gasteiger partial charge is 0.351 e. The van der Waals surface area contributed by atoms with Crippen LogP contribution >= 0.6 is 0 Å². The van der Waals surface area contributed by atoms with E-state index in [-0.39, 0.29) is 23.4 Å². The van der Waals surface area contributed by atoms with Crippen molar-refractivity contribution >= 4 is 16.0 Å². The van der Waals surface area contributed by atoms with Crippen LogP contribution in [0.25, 0.3) is 17.1 Å². The maximum absolute atomic E-state index is 13.8. The van der Waals surface area contributed by atoms with Crippen LogP contribution < -0.4 is 10.6 Å². The largest absolute Gasteiger partial charge is 0.420 e.